The third kappa shape index (κ3) is 2.55. The number of likely N-dealkylation sites (tertiary alicyclic amines) is 1. The van der Waals surface area contributed by atoms with Crippen LogP contribution >= 0.6 is 11.3 Å². The first-order valence-corrected chi connectivity index (χ1v) is 9.69. The van der Waals surface area contributed by atoms with Crippen LogP contribution < -0.4 is 0 Å². The lowest BCUT2D eigenvalue weighted by Crippen LogP contribution is -2.48. The van der Waals surface area contributed by atoms with Crippen LogP contribution in [0.5, 0.6) is 0 Å². The zero-order chi connectivity index (χ0) is 18.6. The number of esters is 1. The number of piperidine rings is 1. The van der Waals surface area contributed by atoms with Crippen molar-refractivity contribution in [3.05, 3.63) is 70.4 Å². The number of rotatable bonds is 1. The van der Waals surface area contributed by atoms with E-state index in [-0.39, 0.29) is 17.7 Å². The second-order valence-corrected chi connectivity index (χ2v) is 8.14. The number of thiophene rings is 1. The van der Waals surface area contributed by atoms with Crippen LogP contribution in [0.3, 0.4) is 0 Å². The number of carbonyl (C=O) groups excluding carboxylic acids is 2. The van der Waals surface area contributed by atoms with Crippen LogP contribution in [0.4, 0.5) is 4.39 Å². The average molecular weight is 381 g/mol. The van der Waals surface area contributed by atoms with Gasteiger partial charge in [-0.1, -0.05) is 18.2 Å². The Morgan fingerprint density at radius 1 is 1.19 bits per heavy atom. The number of benzene rings is 2. The second-order valence-electron chi connectivity index (χ2n) is 7.05. The van der Waals surface area contributed by atoms with Crippen LogP contribution in [-0.2, 0) is 10.3 Å². The summed E-state index contributed by atoms with van der Waals surface area (Å²) < 4.78 is 20.1. The molecule has 2 aliphatic rings. The van der Waals surface area contributed by atoms with Crippen molar-refractivity contribution >= 4 is 33.3 Å². The van der Waals surface area contributed by atoms with E-state index in [1.54, 1.807) is 23.1 Å². The topological polar surface area (TPSA) is 46.6 Å². The molecule has 1 unspecified atom stereocenters. The number of carbonyl (C=O) groups is 2. The first-order valence-electron chi connectivity index (χ1n) is 8.87. The molecule has 0 N–H and O–H groups in total. The van der Waals surface area contributed by atoms with E-state index < -0.39 is 5.60 Å². The fraction of sp³-hybridized carbons (Fsp3) is 0.238. The molecule has 5 rings (SSSR count). The highest BCUT2D eigenvalue weighted by Crippen LogP contribution is 2.43. The lowest BCUT2D eigenvalue weighted by molar-refractivity contribution is -0.0441. The van der Waals surface area contributed by atoms with Gasteiger partial charge in [-0.3, -0.25) is 4.79 Å². The van der Waals surface area contributed by atoms with E-state index in [2.05, 4.69) is 0 Å². The van der Waals surface area contributed by atoms with E-state index in [0.717, 1.165) is 22.1 Å². The summed E-state index contributed by atoms with van der Waals surface area (Å²) in [6.45, 7) is 0.958. The van der Waals surface area contributed by atoms with Gasteiger partial charge in [0.1, 0.15) is 5.82 Å². The molecule has 2 aromatic carbocycles. The largest absolute Gasteiger partial charge is 0.449 e. The monoisotopic (exact) mass is 381 g/mol. The highest BCUT2D eigenvalue weighted by molar-refractivity contribution is 7.20. The van der Waals surface area contributed by atoms with Crippen LogP contribution in [-0.4, -0.2) is 29.9 Å². The summed E-state index contributed by atoms with van der Waals surface area (Å²) in [5, 5.41) is 0.729. The van der Waals surface area contributed by atoms with Gasteiger partial charge in [-0.15, -0.1) is 11.3 Å². The summed E-state index contributed by atoms with van der Waals surface area (Å²) in [6.07, 6.45) is 1.46. The number of hydrogen-bond acceptors (Lipinski definition) is 4. The Morgan fingerprint density at radius 3 is 2.93 bits per heavy atom. The molecule has 1 atom stereocenters. The van der Waals surface area contributed by atoms with E-state index in [1.807, 2.05) is 18.2 Å². The fourth-order valence-corrected chi connectivity index (χ4v) is 5.13. The van der Waals surface area contributed by atoms with Crippen LogP contribution in [0.25, 0.3) is 10.1 Å². The van der Waals surface area contributed by atoms with Gasteiger partial charge in [0.15, 0.2) is 5.60 Å². The Hall–Kier alpha value is -2.73. The lowest BCUT2D eigenvalue weighted by atomic mass is 9.85. The zero-order valence-corrected chi connectivity index (χ0v) is 15.2. The minimum atomic E-state index is -0.760. The van der Waals surface area contributed by atoms with Crippen molar-refractivity contribution in [3.8, 4) is 0 Å². The third-order valence-electron chi connectivity index (χ3n) is 5.36. The van der Waals surface area contributed by atoms with Crippen molar-refractivity contribution < 1.29 is 18.7 Å². The maximum absolute atomic E-state index is 13.4. The molecule has 3 aromatic rings. The summed E-state index contributed by atoms with van der Waals surface area (Å²) in [4.78, 5) is 27.7. The lowest BCUT2D eigenvalue weighted by Gasteiger charge is -2.39. The molecule has 2 aliphatic heterocycles. The van der Waals surface area contributed by atoms with Crippen LogP contribution in [0.15, 0.2) is 48.5 Å². The van der Waals surface area contributed by atoms with Crippen LogP contribution in [0.1, 0.15) is 38.4 Å². The molecule has 1 spiro atoms. The third-order valence-corrected chi connectivity index (χ3v) is 6.46. The van der Waals surface area contributed by atoms with Gasteiger partial charge in [0.2, 0.25) is 0 Å². The maximum atomic E-state index is 13.4. The molecule has 0 bridgehead atoms. The molecule has 1 fully saturated rings. The SMILES string of the molecule is O=C1OC2(CCCN(C(=O)c3cc4cc(F)ccc4s3)C2)c2ccccc21. The first kappa shape index (κ1) is 16.4. The van der Waals surface area contributed by atoms with Gasteiger partial charge in [0.05, 0.1) is 17.0 Å². The van der Waals surface area contributed by atoms with Crippen molar-refractivity contribution in [1.82, 2.24) is 4.90 Å². The summed E-state index contributed by atoms with van der Waals surface area (Å²) in [6, 6.07) is 13.7. The minimum Gasteiger partial charge on any atom is -0.449 e. The van der Waals surface area contributed by atoms with Gasteiger partial charge < -0.3 is 9.64 Å². The van der Waals surface area contributed by atoms with Crippen LogP contribution in [0.2, 0.25) is 0 Å². The van der Waals surface area contributed by atoms with Gasteiger partial charge in [-0.2, -0.15) is 0 Å². The molecule has 136 valence electrons. The summed E-state index contributed by atoms with van der Waals surface area (Å²) in [7, 11) is 0. The maximum Gasteiger partial charge on any atom is 0.339 e. The molecular weight excluding hydrogens is 365 g/mol. The highest BCUT2D eigenvalue weighted by Gasteiger charge is 2.48. The minimum absolute atomic E-state index is 0.101. The molecule has 1 aromatic heterocycles. The van der Waals surface area contributed by atoms with E-state index in [0.29, 0.717) is 30.0 Å². The first-order chi connectivity index (χ1) is 13.1. The standard InChI is InChI=1S/C21H16FNO3S/c22-14-6-7-17-13(10-14)11-18(27-17)19(24)23-9-3-8-21(12-23)16-5-2-1-4-15(16)20(25)26-21/h1-2,4-7,10-11H,3,8-9,12H2. The molecule has 0 aliphatic carbocycles. The van der Waals surface area contributed by atoms with E-state index in [1.165, 1.54) is 23.5 Å². The number of amides is 1. The Balaban J connectivity index is 1.47. The molecule has 6 heteroatoms. The van der Waals surface area contributed by atoms with Crippen LogP contribution in [0, 0.1) is 5.82 Å². The van der Waals surface area contributed by atoms with Gasteiger partial charge >= 0.3 is 5.97 Å². The molecule has 1 saturated heterocycles. The number of hydrogen-bond donors (Lipinski definition) is 0. The molecule has 4 nitrogen and oxygen atoms in total. The number of nitrogens with zero attached hydrogens (tertiary/aromatic N) is 1. The zero-order valence-electron chi connectivity index (χ0n) is 14.4. The Labute approximate surface area is 159 Å². The number of fused-ring (bicyclic) bond motifs is 3. The normalized spacial score (nSPS) is 21.5. The number of halogens is 1. The molecular formula is C21H16FNO3S. The summed E-state index contributed by atoms with van der Waals surface area (Å²) in [5.74, 6) is -0.737. The van der Waals surface area contributed by atoms with Crippen molar-refractivity contribution in [3.63, 3.8) is 0 Å². The second kappa shape index (κ2) is 5.89. The molecule has 27 heavy (non-hydrogen) atoms. The van der Waals surface area contributed by atoms with Crippen molar-refractivity contribution in [2.45, 2.75) is 18.4 Å². The smallest absolute Gasteiger partial charge is 0.339 e. The van der Waals surface area contributed by atoms with Gasteiger partial charge in [-0.25, -0.2) is 9.18 Å². The molecule has 0 saturated carbocycles. The van der Waals surface area contributed by atoms with E-state index in [4.69, 9.17) is 4.74 Å². The quantitative estimate of drug-likeness (QED) is 0.589. The molecule has 3 heterocycles. The van der Waals surface area contributed by atoms with E-state index in [9.17, 15) is 14.0 Å². The average Bonchev–Trinajstić information content (AvgIpc) is 3.21. The van der Waals surface area contributed by atoms with Gasteiger partial charge in [0, 0.05) is 16.8 Å². The fourth-order valence-electron chi connectivity index (χ4n) is 4.12. The Bertz CT molecular complexity index is 1090. The predicted molar refractivity (Wildman–Crippen MR) is 100 cm³/mol. The van der Waals surface area contributed by atoms with Crippen molar-refractivity contribution in [2.24, 2.45) is 0 Å². The highest BCUT2D eigenvalue weighted by atomic mass is 32.1. The van der Waals surface area contributed by atoms with Crippen molar-refractivity contribution in [1.29, 1.82) is 0 Å². The number of ether oxygens (including phenoxy) is 1. The van der Waals surface area contributed by atoms with Crippen molar-refractivity contribution in [2.75, 3.05) is 13.1 Å². The summed E-state index contributed by atoms with van der Waals surface area (Å²) in [5.41, 5.74) is 0.694. The Kier molecular flexibility index (Phi) is 3.59. The molecule has 1 amide bonds. The molecule has 0 radical (unpaired) electrons. The van der Waals surface area contributed by atoms with Gasteiger partial charge in [0.25, 0.3) is 5.91 Å². The summed E-state index contributed by atoms with van der Waals surface area (Å²) >= 11 is 1.36. The predicted octanol–water partition coefficient (Wildman–Crippen LogP) is 4.34. The van der Waals surface area contributed by atoms with Gasteiger partial charge in [-0.05, 0) is 48.6 Å². The Morgan fingerprint density at radius 2 is 2.04 bits per heavy atom. The van der Waals surface area contributed by atoms with E-state index >= 15 is 0 Å².